The monoisotopic (exact) mass is 383 g/mol. The number of hydrogen-bond donors (Lipinski definition) is 1. The van der Waals surface area contributed by atoms with Crippen molar-refractivity contribution in [1.82, 2.24) is 9.80 Å². The number of para-hydroxylation sites is 2. The van der Waals surface area contributed by atoms with Crippen LogP contribution in [0, 0.1) is 5.82 Å². The van der Waals surface area contributed by atoms with E-state index in [1.165, 1.54) is 29.0 Å². The van der Waals surface area contributed by atoms with Crippen molar-refractivity contribution >= 4 is 17.6 Å². The molecule has 1 heterocycles. The van der Waals surface area contributed by atoms with Gasteiger partial charge in [-0.3, -0.25) is 4.79 Å². The van der Waals surface area contributed by atoms with E-state index in [1.54, 1.807) is 57.4 Å². The second-order valence-corrected chi connectivity index (χ2v) is 6.56. The normalized spacial score (nSPS) is 17.0. The smallest absolute Gasteiger partial charge is 0.324 e. The van der Waals surface area contributed by atoms with Gasteiger partial charge in [-0.25, -0.2) is 9.18 Å². The van der Waals surface area contributed by atoms with Crippen LogP contribution in [0.25, 0.3) is 0 Å². The van der Waals surface area contributed by atoms with Crippen LogP contribution in [0.2, 0.25) is 0 Å². The van der Waals surface area contributed by atoms with Gasteiger partial charge in [0.25, 0.3) is 5.91 Å². The van der Waals surface area contributed by atoms with Gasteiger partial charge in [-0.05, 0) is 36.8 Å². The van der Waals surface area contributed by atoms with Crippen LogP contribution in [0.1, 0.15) is 18.5 Å². The van der Waals surface area contributed by atoms with Crippen LogP contribution < -0.4 is 10.1 Å². The van der Waals surface area contributed by atoms with Crippen LogP contribution in [-0.4, -0.2) is 42.9 Å². The highest BCUT2D eigenvalue weighted by Crippen LogP contribution is 2.37. The van der Waals surface area contributed by atoms with Crippen molar-refractivity contribution in [3.63, 3.8) is 0 Å². The minimum atomic E-state index is -0.714. The van der Waals surface area contributed by atoms with Crippen LogP contribution in [0.5, 0.6) is 5.75 Å². The van der Waals surface area contributed by atoms with Crippen molar-refractivity contribution < 1.29 is 18.7 Å². The molecular weight excluding hydrogens is 361 g/mol. The van der Waals surface area contributed by atoms with Crippen molar-refractivity contribution in [1.29, 1.82) is 0 Å². The molecular formula is C21H22FN3O3. The highest BCUT2D eigenvalue weighted by molar-refractivity contribution is 6.07. The van der Waals surface area contributed by atoms with Gasteiger partial charge in [0.15, 0.2) is 0 Å². The molecule has 0 saturated heterocycles. The average molecular weight is 383 g/mol. The first-order chi connectivity index (χ1) is 13.3. The van der Waals surface area contributed by atoms with E-state index in [0.717, 1.165) is 0 Å². The lowest BCUT2D eigenvalue weighted by Crippen LogP contribution is -2.47. The van der Waals surface area contributed by atoms with Crippen LogP contribution in [0.3, 0.4) is 0 Å². The summed E-state index contributed by atoms with van der Waals surface area (Å²) in [5.74, 6) is -0.299. The molecule has 0 bridgehead atoms. The zero-order chi connectivity index (χ0) is 20.4. The number of nitrogens with one attached hydrogen (secondary N) is 1. The Balaban J connectivity index is 2.07. The summed E-state index contributed by atoms with van der Waals surface area (Å²) in [7, 11) is 4.72. The molecule has 0 fully saturated rings. The number of ether oxygens (including phenoxy) is 1. The molecule has 3 amide bonds. The summed E-state index contributed by atoms with van der Waals surface area (Å²) in [6.45, 7) is 1.70. The summed E-state index contributed by atoms with van der Waals surface area (Å²) in [5.41, 5.74) is 1.90. The number of carbonyl (C=O) groups is 2. The van der Waals surface area contributed by atoms with E-state index in [2.05, 4.69) is 5.32 Å². The molecule has 2 aromatic rings. The summed E-state index contributed by atoms with van der Waals surface area (Å²) in [4.78, 5) is 28.7. The molecule has 1 aliphatic heterocycles. The third-order valence-corrected chi connectivity index (χ3v) is 4.91. The minimum absolute atomic E-state index is 0.277. The number of hydrogen-bond acceptors (Lipinski definition) is 3. The molecule has 0 saturated carbocycles. The Kier molecular flexibility index (Phi) is 5.35. The van der Waals surface area contributed by atoms with Crippen LogP contribution >= 0.6 is 0 Å². The zero-order valence-electron chi connectivity index (χ0n) is 16.2. The van der Waals surface area contributed by atoms with Crippen molar-refractivity contribution in [3.05, 3.63) is 71.2 Å². The Hall–Kier alpha value is -3.35. The number of amides is 3. The van der Waals surface area contributed by atoms with Crippen molar-refractivity contribution in [2.45, 2.75) is 13.0 Å². The summed E-state index contributed by atoms with van der Waals surface area (Å²) in [5, 5.41) is 2.85. The van der Waals surface area contributed by atoms with E-state index in [-0.39, 0.29) is 11.9 Å². The number of allylic oxidation sites excluding steroid dienone is 1. The fourth-order valence-electron chi connectivity index (χ4n) is 3.36. The first kappa shape index (κ1) is 19.4. The lowest BCUT2D eigenvalue weighted by atomic mass is 9.93. The number of anilines is 1. The largest absolute Gasteiger partial charge is 0.495 e. The average Bonchev–Trinajstić information content (AvgIpc) is 2.69. The molecule has 0 radical (unpaired) electrons. The number of urea groups is 1. The quantitative estimate of drug-likeness (QED) is 0.874. The third-order valence-electron chi connectivity index (χ3n) is 4.91. The molecule has 146 valence electrons. The predicted molar refractivity (Wildman–Crippen MR) is 104 cm³/mol. The minimum Gasteiger partial charge on any atom is -0.495 e. The number of likely N-dealkylation sites (N-methyl/N-ethyl adjacent to an activating group) is 1. The zero-order valence-corrected chi connectivity index (χ0v) is 16.2. The lowest BCUT2D eigenvalue weighted by molar-refractivity contribution is -0.113. The fraction of sp³-hybridized carbons (Fsp3) is 0.238. The number of benzene rings is 2. The first-order valence-electron chi connectivity index (χ1n) is 8.76. The predicted octanol–water partition coefficient (Wildman–Crippen LogP) is 3.79. The van der Waals surface area contributed by atoms with Crippen molar-refractivity contribution in [2.75, 3.05) is 26.5 Å². The highest BCUT2D eigenvalue weighted by atomic mass is 19.1. The Bertz CT molecular complexity index is 957. The van der Waals surface area contributed by atoms with Gasteiger partial charge < -0.3 is 19.9 Å². The fourth-order valence-corrected chi connectivity index (χ4v) is 3.36. The van der Waals surface area contributed by atoms with Crippen LogP contribution in [-0.2, 0) is 4.79 Å². The first-order valence-corrected chi connectivity index (χ1v) is 8.76. The Morgan fingerprint density at radius 2 is 1.86 bits per heavy atom. The Morgan fingerprint density at radius 1 is 1.14 bits per heavy atom. The van der Waals surface area contributed by atoms with Gasteiger partial charge in [-0.1, -0.05) is 24.3 Å². The Labute approximate surface area is 163 Å². The standard InChI is InChI=1S/C21H22FN3O3/c1-13-18(20(26)23-16-10-5-6-11-17(16)28-4)19(25(3)21(27)24(13)2)14-8-7-9-15(22)12-14/h5-12,19H,1-4H3,(H,23,26)/t19-/m1/s1. The molecule has 0 spiro atoms. The molecule has 1 atom stereocenters. The third kappa shape index (κ3) is 3.43. The van der Waals surface area contributed by atoms with Crippen molar-refractivity contribution in [3.8, 4) is 5.75 Å². The second-order valence-electron chi connectivity index (χ2n) is 6.56. The molecule has 1 aliphatic rings. The molecule has 3 rings (SSSR count). The van der Waals surface area contributed by atoms with E-state index in [1.807, 2.05) is 0 Å². The maximum absolute atomic E-state index is 13.8. The number of methoxy groups -OCH3 is 1. The molecule has 28 heavy (non-hydrogen) atoms. The molecule has 1 N–H and O–H groups in total. The van der Waals surface area contributed by atoms with Gasteiger partial charge in [-0.2, -0.15) is 0 Å². The Morgan fingerprint density at radius 3 is 2.54 bits per heavy atom. The van der Waals surface area contributed by atoms with Gasteiger partial charge in [-0.15, -0.1) is 0 Å². The number of halogens is 1. The van der Waals surface area contributed by atoms with Gasteiger partial charge >= 0.3 is 6.03 Å². The van der Waals surface area contributed by atoms with Gasteiger partial charge in [0.05, 0.1) is 24.4 Å². The number of rotatable bonds is 4. The lowest BCUT2D eigenvalue weighted by Gasteiger charge is -2.39. The summed E-state index contributed by atoms with van der Waals surface area (Å²) in [6.07, 6.45) is 0. The van der Waals surface area contributed by atoms with Crippen LogP contribution in [0.4, 0.5) is 14.9 Å². The molecule has 0 aliphatic carbocycles. The van der Waals surface area contributed by atoms with Gasteiger partial charge in [0.1, 0.15) is 11.6 Å². The molecule has 0 aromatic heterocycles. The summed E-state index contributed by atoms with van der Waals surface area (Å²) in [6, 6.07) is 12.0. The van der Waals surface area contributed by atoms with E-state index in [4.69, 9.17) is 4.74 Å². The van der Waals surface area contributed by atoms with Crippen LogP contribution in [0.15, 0.2) is 59.8 Å². The van der Waals surface area contributed by atoms with E-state index in [9.17, 15) is 14.0 Å². The number of nitrogens with zero attached hydrogens (tertiary/aromatic N) is 2. The van der Waals surface area contributed by atoms with E-state index in [0.29, 0.717) is 28.3 Å². The summed E-state index contributed by atoms with van der Waals surface area (Å²) < 4.78 is 19.1. The molecule has 7 heteroatoms. The van der Waals surface area contributed by atoms with E-state index >= 15 is 0 Å². The molecule has 2 aromatic carbocycles. The summed E-state index contributed by atoms with van der Waals surface area (Å²) >= 11 is 0. The molecule has 6 nitrogen and oxygen atoms in total. The topological polar surface area (TPSA) is 61.9 Å². The van der Waals surface area contributed by atoms with Crippen molar-refractivity contribution in [2.24, 2.45) is 0 Å². The number of carbonyl (C=O) groups excluding carboxylic acids is 2. The van der Waals surface area contributed by atoms with E-state index < -0.39 is 11.9 Å². The van der Waals surface area contributed by atoms with Gasteiger partial charge in [0, 0.05) is 19.8 Å². The SMILES string of the molecule is COc1ccccc1NC(=O)C1=C(C)N(C)C(=O)N(C)[C@@H]1c1cccc(F)c1. The maximum Gasteiger partial charge on any atom is 0.324 e. The second kappa shape index (κ2) is 7.72. The molecule has 0 unspecified atom stereocenters. The van der Waals surface area contributed by atoms with Gasteiger partial charge in [0.2, 0.25) is 0 Å². The maximum atomic E-state index is 13.8. The highest BCUT2D eigenvalue weighted by Gasteiger charge is 2.38.